The number of hydrogen-bond acceptors (Lipinski definition) is 4. The van der Waals surface area contributed by atoms with Crippen LogP contribution in [0.5, 0.6) is 0 Å². The van der Waals surface area contributed by atoms with Crippen LogP contribution in [-0.2, 0) is 6.54 Å². The van der Waals surface area contributed by atoms with E-state index in [0.717, 1.165) is 16.1 Å². The number of nitro benzene ring substituents is 1. The Balaban J connectivity index is 2.13. The molecule has 0 aliphatic heterocycles. The molecule has 0 saturated carbocycles. The molecule has 0 radical (unpaired) electrons. The van der Waals surface area contributed by atoms with E-state index in [1.54, 1.807) is 6.07 Å². The Labute approximate surface area is 160 Å². The van der Waals surface area contributed by atoms with Crippen LogP contribution in [0, 0.1) is 24.0 Å². The number of thiazole rings is 1. The van der Waals surface area contributed by atoms with E-state index in [1.165, 1.54) is 35.1 Å². The largest absolute Gasteiger partial charge is 0.316 e. The molecule has 0 aliphatic carbocycles. The molecule has 1 aromatic heterocycles. The number of para-hydroxylation sites is 1. The van der Waals surface area contributed by atoms with Crippen LogP contribution in [0.25, 0.3) is 11.3 Å². The SMILES string of the molecule is CCn1c(-c2ccc(C)cc2)c(C)sc1=NC(=O)c1ccccc1[N+](=O)[O-]. The van der Waals surface area contributed by atoms with Crippen molar-refractivity contribution in [1.82, 2.24) is 4.57 Å². The van der Waals surface area contributed by atoms with E-state index in [-0.39, 0.29) is 11.3 Å². The first-order valence-corrected chi connectivity index (χ1v) is 9.33. The van der Waals surface area contributed by atoms with Crippen molar-refractivity contribution in [1.29, 1.82) is 0 Å². The second-order valence-corrected chi connectivity index (χ2v) is 7.27. The van der Waals surface area contributed by atoms with E-state index < -0.39 is 10.8 Å². The molecule has 27 heavy (non-hydrogen) atoms. The number of aromatic nitrogens is 1. The summed E-state index contributed by atoms with van der Waals surface area (Å²) in [6.07, 6.45) is 0. The summed E-state index contributed by atoms with van der Waals surface area (Å²) in [5.74, 6) is -0.610. The maximum Gasteiger partial charge on any atom is 0.286 e. The highest BCUT2D eigenvalue weighted by Crippen LogP contribution is 2.26. The molecule has 0 unspecified atom stereocenters. The van der Waals surface area contributed by atoms with Gasteiger partial charge in [0, 0.05) is 17.5 Å². The predicted octanol–water partition coefficient (Wildman–Crippen LogP) is 4.50. The third-order valence-electron chi connectivity index (χ3n) is 4.25. The molecule has 3 aromatic rings. The minimum atomic E-state index is -0.610. The maximum atomic E-state index is 12.6. The van der Waals surface area contributed by atoms with Crippen molar-refractivity contribution in [3.63, 3.8) is 0 Å². The Bertz CT molecular complexity index is 1080. The molecule has 0 atom stereocenters. The van der Waals surface area contributed by atoms with Crippen molar-refractivity contribution < 1.29 is 9.72 Å². The number of carbonyl (C=O) groups is 1. The summed E-state index contributed by atoms with van der Waals surface area (Å²) in [7, 11) is 0. The molecule has 7 heteroatoms. The lowest BCUT2D eigenvalue weighted by Gasteiger charge is -2.08. The van der Waals surface area contributed by atoms with Gasteiger partial charge in [0.1, 0.15) is 5.56 Å². The summed E-state index contributed by atoms with van der Waals surface area (Å²) in [5, 5.41) is 11.2. The van der Waals surface area contributed by atoms with Crippen molar-refractivity contribution >= 4 is 22.9 Å². The monoisotopic (exact) mass is 381 g/mol. The zero-order valence-corrected chi connectivity index (χ0v) is 16.1. The average Bonchev–Trinajstić information content (AvgIpc) is 2.97. The second-order valence-electron chi connectivity index (χ2n) is 6.09. The zero-order valence-electron chi connectivity index (χ0n) is 15.3. The first-order chi connectivity index (χ1) is 12.9. The molecule has 138 valence electrons. The van der Waals surface area contributed by atoms with Crippen molar-refractivity contribution in [2.45, 2.75) is 27.3 Å². The number of nitro groups is 1. The van der Waals surface area contributed by atoms with Crippen LogP contribution in [0.3, 0.4) is 0 Å². The fourth-order valence-electron chi connectivity index (χ4n) is 2.93. The second kappa shape index (κ2) is 7.67. The molecule has 2 aromatic carbocycles. The van der Waals surface area contributed by atoms with E-state index >= 15 is 0 Å². The highest BCUT2D eigenvalue weighted by molar-refractivity contribution is 7.09. The van der Waals surface area contributed by atoms with Gasteiger partial charge in [-0.25, -0.2) is 0 Å². The van der Waals surface area contributed by atoms with Crippen LogP contribution in [0.2, 0.25) is 0 Å². The number of benzene rings is 2. The van der Waals surface area contributed by atoms with Gasteiger partial charge in [0.2, 0.25) is 0 Å². The molecule has 0 bridgehead atoms. The van der Waals surface area contributed by atoms with Crippen LogP contribution in [0.4, 0.5) is 5.69 Å². The van der Waals surface area contributed by atoms with Gasteiger partial charge in [-0.3, -0.25) is 14.9 Å². The van der Waals surface area contributed by atoms with E-state index in [9.17, 15) is 14.9 Å². The third kappa shape index (κ3) is 3.73. The van der Waals surface area contributed by atoms with Gasteiger partial charge in [-0.2, -0.15) is 4.99 Å². The Morgan fingerprint density at radius 3 is 2.44 bits per heavy atom. The van der Waals surface area contributed by atoms with Gasteiger partial charge in [0.05, 0.1) is 10.6 Å². The zero-order chi connectivity index (χ0) is 19.6. The third-order valence-corrected chi connectivity index (χ3v) is 5.24. The van der Waals surface area contributed by atoms with Gasteiger partial charge >= 0.3 is 0 Å². The molecule has 0 aliphatic rings. The van der Waals surface area contributed by atoms with Crippen LogP contribution in [0.1, 0.15) is 27.7 Å². The molecule has 6 nitrogen and oxygen atoms in total. The molecular formula is C20H19N3O3S. The molecule has 0 spiro atoms. The minimum absolute atomic E-state index is 0.00640. The van der Waals surface area contributed by atoms with Gasteiger partial charge < -0.3 is 4.57 Å². The Kier molecular flexibility index (Phi) is 5.32. The molecular weight excluding hydrogens is 362 g/mol. The van der Waals surface area contributed by atoms with Crippen LogP contribution >= 0.6 is 11.3 Å². The van der Waals surface area contributed by atoms with Crippen LogP contribution in [0.15, 0.2) is 53.5 Å². The quantitative estimate of drug-likeness (QED) is 0.493. The Morgan fingerprint density at radius 1 is 1.15 bits per heavy atom. The minimum Gasteiger partial charge on any atom is -0.316 e. The normalized spacial score (nSPS) is 11.6. The van der Waals surface area contributed by atoms with Crippen LogP contribution in [-0.4, -0.2) is 15.4 Å². The van der Waals surface area contributed by atoms with Crippen molar-refractivity contribution in [2.75, 3.05) is 0 Å². The number of aryl methyl sites for hydroxylation is 2. The summed E-state index contributed by atoms with van der Waals surface area (Å²) < 4.78 is 1.97. The number of carbonyl (C=O) groups excluding carboxylic acids is 1. The van der Waals surface area contributed by atoms with E-state index in [4.69, 9.17) is 0 Å². The molecule has 0 saturated heterocycles. The fraction of sp³-hybridized carbons (Fsp3) is 0.200. The van der Waals surface area contributed by atoms with Crippen molar-refractivity contribution in [3.05, 3.63) is 79.5 Å². The molecule has 3 rings (SSSR count). The first-order valence-electron chi connectivity index (χ1n) is 8.52. The number of nitrogens with zero attached hydrogens (tertiary/aromatic N) is 3. The van der Waals surface area contributed by atoms with Crippen molar-refractivity contribution in [3.8, 4) is 11.3 Å². The summed E-state index contributed by atoms with van der Waals surface area (Å²) in [6.45, 7) is 6.64. The lowest BCUT2D eigenvalue weighted by atomic mass is 10.1. The Morgan fingerprint density at radius 2 is 1.81 bits per heavy atom. The van der Waals surface area contributed by atoms with Crippen molar-refractivity contribution in [2.24, 2.45) is 4.99 Å². The average molecular weight is 381 g/mol. The fourth-order valence-corrected chi connectivity index (χ4v) is 3.99. The standard InChI is InChI=1S/C20H19N3O3S/c1-4-22-18(15-11-9-13(2)10-12-15)14(3)27-20(22)21-19(24)16-7-5-6-8-17(16)23(25)26/h5-12H,4H2,1-3H3. The Hall–Kier alpha value is -3.06. The van der Waals surface area contributed by atoms with Gasteiger partial charge in [-0.05, 0) is 32.4 Å². The van der Waals surface area contributed by atoms with E-state index in [0.29, 0.717) is 11.3 Å². The summed E-state index contributed by atoms with van der Waals surface area (Å²) >= 11 is 1.41. The number of hydrogen-bond donors (Lipinski definition) is 0. The first kappa shape index (κ1) is 18.7. The molecule has 0 fully saturated rings. The number of amides is 1. The maximum absolute atomic E-state index is 12.6. The molecule has 1 heterocycles. The highest BCUT2D eigenvalue weighted by atomic mass is 32.1. The highest BCUT2D eigenvalue weighted by Gasteiger charge is 2.20. The lowest BCUT2D eigenvalue weighted by molar-refractivity contribution is -0.385. The van der Waals surface area contributed by atoms with E-state index in [2.05, 4.69) is 4.99 Å². The lowest BCUT2D eigenvalue weighted by Crippen LogP contribution is -2.17. The smallest absolute Gasteiger partial charge is 0.286 e. The summed E-state index contributed by atoms with van der Waals surface area (Å²) in [4.78, 5) is 29.0. The van der Waals surface area contributed by atoms with Gasteiger partial charge in [-0.1, -0.05) is 42.0 Å². The summed E-state index contributed by atoms with van der Waals surface area (Å²) in [6, 6.07) is 14.1. The van der Waals surface area contributed by atoms with E-state index in [1.807, 2.05) is 49.6 Å². The predicted molar refractivity (Wildman–Crippen MR) is 106 cm³/mol. The van der Waals surface area contributed by atoms with Crippen LogP contribution < -0.4 is 4.80 Å². The summed E-state index contributed by atoms with van der Waals surface area (Å²) in [5.41, 5.74) is 2.99. The van der Waals surface area contributed by atoms with Gasteiger partial charge in [0.25, 0.3) is 11.6 Å². The molecule has 0 N–H and O–H groups in total. The number of rotatable bonds is 4. The van der Waals surface area contributed by atoms with Gasteiger partial charge in [0.15, 0.2) is 4.80 Å². The topological polar surface area (TPSA) is 77.5 Å². The molecule has 1 amide bonds. The van der Waals surface area contributed by atoms with Gasteiger partial charge in [-0.15, -0.1) is 11.3 Å².